The molecule has 0 spiro atoms. The van der Waals surface area contributed by atoms with Gasteiger partial charge in [0.1, 0.15) is 17.2 Å². The number of benzene rings is 4. The highest BCUT2D eigenvalue weighted by Crippen LogP contribution is 2.24. The first-order valence-corrected chi connectivity index (χ1v) is 33.0. The molecule has 0 saturated heterocycles. The molecule has 4 aromatic rings. The summed E-state index contributed by atoms with van der Waals surface area (Å²) in [4.78, 5) is 99.1. The van der Waals surface area contributed by atoms with Crippen LogP contribution >= 0.6 is 0 Å². The van der Waals surface area contributed by atoms with E-state index < -0.39 is 29.1 Å². The van der Waals surface area contributed by atoms with Crippen molar-refractivity contribution in [3.63, 3.8) is 0 Å². The summed E-state index contributed by atoms with van der Waals surface area (Å²) >= 11 is 0. The zero-order valence-corrected chi connectivity index (χ0v) is 59.0. The van der Waals surface area contributed by atoms with Crippen LogP contribution in [0.4, 0.5) is 31.4 Å². The van der Waals surface area contributed by atoms with Crippen LogP contribution in [0.1, 0.15) is 38.8 Å². The van der Waals surface area contributed by atoms with E-state index in [9.17, 15) is 38.4 Å². The van der Waals surface area contributed by atoms with Crippen molar-refractivity contribution < 1.29 is 90.5 Å². The third-order valence-corrected chi connectivity index (χ3v) is 13.8. The number of anilines is 3. The molecule has 0 aliphatic carbocycles. The van der Waals surface area contributed by atoms with Crippen LogP contribution in [0, 0.1) is 10.8 Å². The van der Waals surface area contributed by atoms with Crippen molar-refractivity contribution in [2.75, 3.05) is 174 Å². The van der Waals surface area contributed by atoms with Crippen molar-refractivity contribution in [1.29, 1.82) is 0 Å². The number of ketones is 1. The second kappa shape index (κ2) is 50.1. The molecule has 7 amide bonds. The lowest BCUT2D eigenvalue weighted by Gasteiger charge is -2.33. The minimum atomic E-state index is -1.07. The summed E-state index contributed by atoms with van der Waals surface area (Å²) in [7, 11) is 0. The number of carbonyl (C=O) groups excluding carboxylic acids is 8. The Labute approximate surface area is 596 Å². The number of nitrogens with one attached hydrogen (secondary N) is 7. The lowest BCUT2D eigenvalue weighted by molar-refractivity contribution is -0.121. The smallest absolute Gasteiger partial charge is 0.410 e. The number of Topliss-reactive ketones (excluding diaryl/α,β-unsaturated/α-hetero) is 1. The Bertz CT molecular complexity index is 2830. The molecule has 0 atom stereocenters. The Balaban J connectivity index is 0.00000110. The molecule has 0 radical (unpaired) electrons. The lowest BCUT2D eigenvalue weighted by Crippen LogP contribution is -2.44. The largest absolute Gasteiger partial charge is 0.412 e. The monoisotopic (exact) mass is 1430 g/mol. The SMILES string of the molecule is C=C(C)C(=O)Cc1ccc(CC(=O)NCCOCC(COCCNC(=O)Oc2ccc(NC(=O)C(=C)C)cc2)(COCCNC(=O)Oc2ccc(NC(=O)C(=C)C)cc2)COCCNC(=O)Oc2ccc(NC(=O)C(=C)C)cc2)cc1.NCCOCC(COCCN)(COCCN)COCCN. The lowest BCUT2D eigenvalue weighted by atomic mass is 9.92. The quantitative estimate of drug-likeness (QED) is 0.0207. The Kier molecular flexibility index (Phi) is 42.7. The van der Waals surface area contributed by atoms with E-state index in [0.29, 0.717) is 118 Å². The first-order chi connectivity index (χ1) is 48.9. The standard InChI is InChI=1S/C59H71N7O15.C13H32N4O4/c1-39(2)51(67)33-43-9-11-44(12-10-43)34-52(68)60-25-29-75-35-59(36-76-30-26-61-56(72)79-48-19-13-45(14-20-48)64-53(69)40(3)4,37-77-31-27-62-57(73)80-49-21-15-46(16-22-49)65-54(70)41(5)6)38-78-32-28-63-58(74)81-50-23-17-47(18-24-50)66-55(71)42(7)8;14-1-5-18-9-13(10-19-6-2-15,11-20-7-3-16)12-21-8-4-17/h9-24H,1,3,5,7,25-38H2,2,4,6,8H3,(H,60,68)(H,61,72)(H,62,73)(H,63,74)(H,64,69)(H,65,70)(H,66,71);1-12,14-17H2. The van der Waals surface area contributed by atoms with Crippen molar-refractivity contribution in [3.05, 3.63) is 157 Å². The molecule has 15 N–H and O–H groups in total. The van der Waals surface area contributed by atoms with Gasteiger partial charge in [0.2, 0.25) is 5.91 Å². The van der Waals surface area contributed by atoms with E-state index in [1.165, 1.54) is 36.4 Å². The highest BCUT2D eigenvalue weighted by Gasteiger charge is 2.34. The van der Waals surface area contributed by atoms with Crippen molar-refractivity contribution in [1.82, 2.24) is 21.3 Å². The van der Waals surface area contributed by atoms with Gasteiger partial charge in [0, 0.05) is 92.6 Å². The van der Waals surface area contributed by atoms with Gasteiger partial charge < -0.3 is 112 Å². The summed E-state index contributed by atoms with van der Waals surface area (Å²) in [5, 5.41) is 18.7. The number of hydrogen-bond acceptors (Lipinski definition) is 23. The van der Waals surface area contributed by atoms with Crippen LogP contribution in [0.2, 0.25) is 0 Å². The average Bonchev–Trinajstić information content (AvgIpc) is 0.890. The minimum Gasteiger partial charge on any atom is -0.410 e. The third kappa shape index (κ3) is 37.9. The van der Waals surface area contributed by atoms with Gasteiger partial charge in [-0.3, -0.25) is 24.0 Å². The number of nitrogens with two attached hydrogens (primary N) is 4. The summed E-state index contributed by atoms with van der Waals surface area (Å²) in [5.41, 5.74) is 24.8. The normalized spacial score (nSPS) is 11.0. The number of allylic oxidation sites excluding steroid dienone is 1. The Morgan fingerprint density at radius 3 is 0.824 bits per heavy atom. The van der Waals surface area contributed by atoms with Crippen LogP contribution in [0.15, 0.2) is 146 Å². The molecule has 0 aliphatic heterocycles. The maximum absolute atomic E-state index is 12.9. The molecule has 560 valence electrons. The fourth-order valence-electron chi connectivity index (χ4n) is 8.40. The highest BCUT2D eigenvalue weighted by atomic mass is 16.6. The predicted octanol–water partition coefficient (Wildman–Crippen LogP) is 4.87. The molecule has 0 bridgehead atoms. The van der Waals surface area contributed by atoms with Gasteiger partial charge in [-0.25, -0.2) is 14.4 Å². The van der Waals surface area contributed by atoms with Crippen LogP contribution in [0.25, 0.3) is 0 Å². The molecular weight excluding hydrogens is 1320 g/mol. The zero-order chi connectivity index (χ0) is 75.0. The van der Waals surface area contributed by atoms with E-state index in [4.69, 9.17) is 75.0 Å². The predicted molar refractivity (Wildman–Crippen MR) is 386 cm³/mol. The third-order valence-electron chi connectivity index (χ3n) is 13.8. The van der Waals surface area contributed by atoms with Gasteiger partial charge in [0.15, 0.2) is 5.78 Å². The Hall–Kier alpha value is -9.28. The fourth-order valence-corrected chi connectivity index (χ4v) is 8.40. The Morgan fingerprint density at radius 2 is 0.578 bits per heavy atom. The molecule has 4 rings (SSSR count). The van der Waals surface area contributed by atoms with Crippen molar-refractivity contribution in [2.24, 2.45) is 33.8 Å². The summed E-state index contributed by atoms with van der Waals surface area (Å²) in [5.74, 6) is -0.724. The molecule has 0 fully saturated rings. The van der Waals surface area contributed by atoms with E-state index in [-0.39, 0.29) is 139 Å². The van der Waals surface area contributed by atoms with Gasteiger partial charge in [0.25, 0.3) is 17.7 Å². The van der Waals surface area contributed by atoms with E-state index in [2.05, 4.69) is 63.5 Å². The van der Waals surface area contributed by atoms with E-state index >= 15 is 0 Å². The minimum absolute atomic E-state index is 0.00670. The summed E-state index contributed by atoms with van der Waals surface area (Å²) in [6, 6.07) is 25.7. The van der Waals surface area contributed by atoms with Crippen LogP contribution in [-0.2, 0) is 74.7 Å². The maximum atomic E-state index is 12.9. The van der Waals surface area contributed by atoms with Crippen LogP contribution in [0.3, 0.4) is 0 Å². The number of amides is 7. The van der Waals surface area contributed by atoms with Crippen LogP contribution in [-0.4, -0.2) is 206 Å². The van der Waals surface area contributed by atoms with Crippen LogP contribution < -0.4 is 74.4 Å². The van der Waals surface area contributed by atoms with E-state index in [0.717, 1.165) is 11.1 Å². The number of rotatable bonds is 50. The molecule has 0 aliphatic rings. The van der Waals surface area contributed by atoms with Gasteiger partial charge in [0.05, 0.1) is 123 Å². The molecule has 0 unspecified atom stereocenters. The number of carbonyl (C=O) groups is 8. The first-order valence-electron chi connectivity index (χ1n) is 33.0. The second-order valence-electron chi connectivity index (χ2n) is 23.5. The van der Waals surface area contributed by atoms with Gasteiger partial charge in [-0.1, -0.05) is 50.6 Å². The molecule has 30 nitrogen and oxygen atoms in total. The van der Waals surface area contributed by atoms with Crippen molar-refractivity contribution in [2.45, 2.75) is 40.5 Å². The average molecular weight is 1430 g/mol. The van der Waals surface area contributed by atoms with Gasteiger partial charge in [-0.2, -0.15) is 0 Å². The molecule has 0 saturated carbocycles. The molecular formula is C72H103N11O19. The fraction of sp³-hybridized carbons (Fsp3) is 0.444. The zero-order valence-electron chi connectivity index (χ0n) is 59.0. The van der Waals surface area contributed by atoms with Crippen molar-refractivity contribution in [3.8, 4) is 17.2 Å². The van der Waals surface area contributed by atoms with E-state index in [1.807, 2.05) is 0 Å². The Morgan fingerprint density at radius 1 is 0.333 bits per heavy atom. The summed E-state index contributed by atoms with van der Waals surface area (Å²) in [6.07, 6.45) is -1.99. The first kappa shape index (κ1) is 86.9. The molecule has 0 heterocycles. The number of ether oxygens (including phenoxy) is 11. The molecule has 102 heavy (non-hydrogen) atoms. The topological polar surface area (TPSA) is 426 Å². The van der Waals surface area contributed by atoms with Gasteiger partial charge in [-0.15, -0.1) is 0 Å². The molecule has 30 heteroatoms. The summed E-state index contributed by atoms with van der Waals surface area (Å²) < 4.78 is 62.9. The second-order valence-corrected chi connectivity index (χ2v) is 23.5. The molecule has 4 aromatic carbocycles. The maximum Gasteiger partial charge on any atom is 0.412 e. The van der Waals surface area contributed by atoms with Gasteiger partial charge >= 0.3 is 18.3 Å². The van der Waals surface area contributed by atoms with Gasteiger partial charge in [-0.05, 0) is 117 Å². The van der Waals surface area contributed by atoms with E-state index in [1.54, 1.807) is 88.4 Å². The number of hydrogen-bond donors (Lipinski definition) is 11. The highest BCUT2D eigenvalue weighted by molar-refractivity contribution is 6.04. The van der Waals surface area contributed by atoms with Crippen LogP contribution in [0.5, 0.6) is 17.2 Å². The van der Waals surface area contributed by atoms with Crippen molar-refractivity contribution >= 4 is 64.8 Å². The molecule has 0 aromatic heterocycles. The summed E-state index contributed by atoms with van der Waals surface area (Å²) in [6.45, 7) is 26.4.